The Morgan fingerprint density at radius 1 is 1.31 bits per heavy atom. The van der Waals surface area contributed by atoms with Gasteiger partial charge in [0.15, 0.2) is 0 Å². The maximum atomic E-state index is 11.4. The normalized spacial score (nSPS) is 13.0. The highest BCUT2D eigenvalue weighted by atomic mass is 32.2. The van der Waals surface area contributed by atoms with Gasteiger partial charge < -0.3 is 10.5 Å². The van der Waals surface area contributed by atoms with Gasteiger partial charge in [-0.05, 0) is 18.4 Å². The van der Waals surface area contributed by atoms with Crippen LogP contribution in [0, 0.1) is 5.41 Å². The lowest BCUT2D eigenvalue weighted by Gasteiger charge is -2.24. The topological polar surface area (TPSA) is 93.4 Å². The molecule has 0 aliphatic heterocycles. The quantitative estimate of drug-likeness (QED) is 0.480. The molecule has 7 heteroatoms. The predicted molar refractivity (Wildman–Crippen MR) is 64.3 cm³/mol. The van der Waals surface area contributed by atoms with E-state index in [9.17, 15) is 8.42 Å². The largest absolute Gasteiger partial charge is 0.383 e. The third-order valence-corrected chi connectivity index (χ3v) is 3.27. The smallest absolute Gasteiger partial charge is 0.277 e. The number of hydrogen-bond donors (Lipinski definition) is 3. The van der Waals surface area contributed by atoms with Gasteiger partial charge in [0.1, 0.15) is 0 Å². The maximum absolute atomic E-state index is 11.4. The first-order valence-corrected chi connectivity index (χ1v) is 6.74. The Morgan fingerprint density at radius 3 is 2.44 bits per heavy atom. The van der Waals surface area contributed by atoms with E-state index in [2.05, 4.69) is 9.44 Å². The molecule has 0 unspecified atom stereocenters. The Balaban J connectivity index is 3.98. The summed E-state index contributed by atoms with van der Waals surface area (Å²) in [6, 6.07) is 0. The number of methoxy groups -OCH3 is 1. The zero-order valence-corrected chi connectivity index (χ0v) is 11.1. The van der Waals surface area contributed by atoms with E-state index in [0.29, 0.717) is 19.7 Å². The van der Waals surface area contributed by atoms with Crippen LogP contribution in [0.25, 0.3) is 0 Å². The van der Waals surface area contributed by atoms with Gasteiger partial charge in [-0.1, -0.05) is 13.8 Å². The molecule has 6 nitrogen and oxygen atoms in total. The van der Waals surface area contributed by atoms with E-state index in [4.69, 9.17) is 10.5 Å². The Bertz CT molecular complexity index is 278. The highest BCUT2D eigenvalue weighted by Crippen LogP contribution is 2.17. The highest BCUT2D eigenvalue weighted by molar-refractivity contribution is 7.87. The van der Waals surface area contributed by atoms with E-state index >= 15 is 0 Å². The van der Waals surface area contributed by atoms with Crippen LogP contribution in [-0.2, 0) is 14.9 Å². The molecule has 0 fully saturated rings. The molecule has 0 aromatic carbocycles. The number of nitrogens with two attached hydrogens (primary N) is 1. The van der Waals surface area contributed by atoms with E-state index in [1.807, 2.05) is 13.8 Å². The van der Waals surface area contributed by atoms with Crippen molar-refractivity contribution in [3.05, 3.63) is 0 Å². The van der Waals surface area contributed by atoms with Crippen molar-refractivity contribution in [3.8, 4) is 0 Å². The van der Waals surface area contributed by atoms with Crippen LogP contribution in [0.5, 0.6) is 0 Å². The van der Waals surface area contributed by atoms with Gasteiger partial charge in [-0.15, -0.1) is 0 Å². The molecule has 0 aliphatic rings. The van der Waals surface area contributed by atoms with Gasteiger partial charge in [-0.3, -0.25) is 0 Å². The minimum Gasteiger partial charge on any atom is -0.383 e. The number of nitrogens with one attached hydrogen (secondary N) is 2. The van der Waals surface area contributed by atoms with Gasteiger partial charge in [0.25, 0.3) is 10.2 Å². The molecule has 0 aromatic rings. The van der Waals surface area contributed by atoms with E-state index in [-0.39, 0.29) is 12.0 Å². The van der Waals surface area contributed by atoms with Gasteiger partial charge in [-0.2, -0.15) is 13.1 Å². The second kappa shape index (κ2) is 7.18. The summed E-state index contributed by atoms with van der Waals surface area (Å²) in [6.07, 6.45) is 0.771. The predicted octanol–water partition coefficient (Wildman–Crippen LogP) is -0.568. The maximum Gasteiger partial charge on any atom is 0.277 e. The SMILES string of the molecule is COCCNS(=O)(=O)NCC(C)(C)CCN. The molecule has 0 heterocycles. The standard InChI is InChI=1S/C9H23N3O3S/c1-9(2,4-5-10)8-12-16(13,14)11-6-7-15-3/h11-12H,4-8,10H2,1-3H3. The average molecular weight is 253 g/mol. The molecule has 0 amide bonds. The van der Waals surface area contributed by atoms with Gasteiger partial charge in [-0.25, -0.2) is 4.72 Å². The molecule has 0 saturated heterocycles. The Labute approximate surface area is 98.1 Å². The lowest BCUT2D eigenvalue weighted by Crippen LogP contribution is -2.42. The third-order valence-electron chi connectivity index (χ3n) is 2.16. The summed E-state index contributed by atoms with van der Waals surface area (Å²) >= 11 is 0. The van der Waals surface area contributed by atoms with Crippen molar-refractivity contribution in [3.63, 3.8) is 0 Å². The van der Waals surface area contributed by atoms with Crippen LogP contribution in [0.1, 0.15) is 20.3 Å². The molecule has 0 bridgehead atoms. The van der Waals surface area contributed by atoms with Crippen LogP contribution in [0.3, 0.4) is 0 Å². The monoisotopic (exact) mass is 253 g/mol. The van der Waals surface area contributed by atoms with E-state index in [1.54, 1.807) is 0 Å². The molecular formula is C9H23N3O3S. The van der Waals surface area contributed by atoms with Crippen molar-refractivity contribution < 1.29 is 13.2 Å². The van der Waals surface area contributed by atoms with E-state index in [0.717, 1.165) is 6.42 Å². The molecule has 4 N–H and O–H groups in total. The molecular weight excluding hydrogens is 230 g/mol. The minimum atomic E-state index is -3.43. The molecule has 0 saturated carbocycles. The molecule has 0 atom stereocenters. The summed E-state index contributed by atoms with van der Waals surface area (Å²) in [4.78, 5) is 0. The first-order chi connectivity index (χ1) is 7.33. The Morgan fingerprint density at radius 2 is 1.94 bits per heavy atom. The second-order valence-electron chi connectivity index (χ2n) is 4.41. The van der Waals surface area contributed by atoms with Crippen molar-refractivity contribution >= 4 is 10.2 Å². The van der Waals surface area contributed by atoms with Crippen molar-refractivity contribution in [1.82, 2.24) is 9.44 Å². The lowest BCUT2D eigenvalue weighted by molar-refractivity contribution is 0.204. The molecule has 0 spiro atoms. The minimum absolute atomic E-state index is 0.134. The fraction of sp³-hybridized carbons (Fsp3) is 1.00. The first-order valence-electron chi connectivity index (χ1n) is 5.26. The Kier molecular flexibility index (Phi) is 7.09. The van der Waals surface area contributed by atoms with Crippen molar-refractivity contribution in [2.75, 3.05) is 33.4 Å². The molecule has 0 aliphatic carbocycles. The number of ether oxygens (including phenoxy) is 1. The average Bonchev–Trinajstić information content (AvgIpc) is 2.16. The van der Waals surface area contributed by atoms with Crippen LogP contribution in [0.2, 0.25) is 0 Å². The summed E-state index contributed by atoms with van der Waals surface area (Å²) in [7, 11) is -1.91. The number of rotatable bonds is 9. The molecule has 98 valence electrons. The van der Waals surface area contributed by atoms with Gasteiger partial charge in [0, 0.05) is 20.2 Å². The summed E-state index contributed by atoms with van der Waals surface area (Å²) in [6.45, 7) is 5.48. The van der Waals surface area contributed by atoms with Crippen molar-refractivity contribution in [2.24, 2.45) is 11.1 Å². The van der Waals surface area contributed by atoms with Crippen LogP contribution < -0.4 is 15.2 Å². The molecule has 16 heavy (non-hydrogen) atoms. The zero-order chi connectivity index (χ0) is 12.7. The van der Waals surface area contributed by atoms with Gasteiger partial charge in [0.05, 0.1) is 6.61 Å². The molecule has 0 rings (SSSR count). The van der Waals surface area contributed by atoms with Crippen LogP contribution in [0.15, 0.2) is 0 Å². The fourth-order valence-electron chi connectivity index (χ4n) is 1.10. The second-order valence-corrected chi connectivity index (χ2v) is 6.00. The fourth-order valence-corrected chi connectivity index (χ4v) is 2.13. The van der Waals surface area contributed by atoms with Crippen molar-refractivity contribution in [1.29, 1.82) is 0 Å². The summed E-state index contributed by atoms with van der Waals surface area (Å²) < 4.78 is 32.5. The summed E-state index contributed by atoms with van der Waals surface area (Å²) in [5, 5.41) is 0. The summed E-state index contributed by atoms with van der Waals surface area (Å²) in [5.41, 5.74) is 5.31. The van der Waals surface area contributed by atoms with Crippen molar-refractivity contribution in [2.45, 2.75) is 20.3 Å². The van der Waals surface area contributed by atoms with Crippen LogP contribution >= 0.6 is 0 Å². The highest BCUT2D eigenvalue weighted by Gasteiger charge is 2.19. The third kappa shape index (κ3) is 8.00. The zero-order valence-electron chi connectivity index (χ0n) is 10.2. The number of hydrogen-bond acceptors (Lipinski definition) is 4. The Hall–Kier alpha value is -0.210. The molecule has 0 aromatic heterocycles. The van der Waals surface area contributed by atoms with Gasteiger partial charge >= 0.3 is 0 Å². The van der Waals surface area contributed by atoms with Crippen LogP contribution in [-0.4, -0.2) is 41.8 Å². The first kappa shape index (κ1) is 15.8. The van der Waals surface area contributed by atoms with E-state index in [1.165, 1.54) is 7.11 Å². The molecule has 0 radical (unpaired) electrons. The van der Waals surface area contributed by atoms with Crippen LogP contribution in [0.4, 0.5) is 0 Å². The lowest BCUT2D eigenvalue weighted by atomic mass is 9.90. The summed E-state index contributed by atoms with van der Waals surface area (Å²) in [5.74, 6) is 0. The van der Waals surface area contributed by atoms with E-state index < -0.39 is 10.2 Å². The van der Waals surface area contributed by atoms with Gasteiger partial charge in [0.2, 0.25) is 0 Å².